The maximum atomic E-state index is 10.5. The summed E-state index contributed by atoms with van der Waals surface area (Å²) in [6, 6.07) is 5.94. The Morgan fingerprint density at radius 1 is 1.16 bits per heavy atom. The Bertz CT molecular complexity index is 402. The Morgan fingerprint density at radius 3 is 2.42 bits per heavy atom. The lowest BCUT2D eigenvalue weighted by atomic mass is 9.80. The molecule has 0 bridgehead atoms. The van der Waals surface area contributed by atoms with Crippen molar-refractivity contribution in [1.29, 1.82) is 0 Å². The van der Waals surface area contributed by atoms with Gasteiger partial charge in [0.05, 0.1) is 12.1 Å². The molecule has 0 amide bonds. The third kappa shape index (κ3) is 3.71. The number of benzene rings is 1. The zero-order valence-corrected chi connectivity index (χ0v) is 12.7. The normalized spacial score (nSPS) is 19.6. The predicted octanol–water partition coefficient (Wildman–Crippen LogP) is 3.67. The van der Waals surface area contributed by atoms with E-state index in [1.807, 2.05) is 6.07 Å². The van der Waals surface area contributed by atoms with Crippen molar-refractivity contribution in [2.24, 2.45) is 11.7 Å². The summed E-state index contributed by atoms with van der Waals surface area (Å²) in [6.45, 7) is 4.19. The highest BCUT2D eigenvalue weighted by molar-refractivity contribution is 5.85. The van der Waals surface area contributed by atoms with Crippen molar-refractivity contribution < 1.29 is 5.11 Å². The van der Waals surface area contributed by atoms with Crippen molar-refractivity contribution in [2.45, 2.75) is 58.1 Å². The summed E-state index contributed by atoms with van der Waals surface area (Å²) in [7, 11) is 0. The van der Waals surface area contributed by atoms with Crippen LogP contribution >= 0.6 is 12.4 Å². The molecule has 1 aromatic rings. The Kier molecular flexibility index (Phi) is 6.31. The number of aliphatic hydroxyl groups is 1. The zero-order chi connectivity index (χ0) is 13.1. The molecular formula is C16H26ClNO. The van der Waals surface area contributed by atoms with E-state index in [2.05, 4.69) is 26.0 Å². The van der Waals surface area contributed by atoms with Gasteiger partial charge in [-0.1, -0.05) is 37.5 Å². The molecule has 1 aromatic carbocycles. The monoisotopic (exact) mass is 283 g/mol. The lowest BCUT2D eigenvalue weighted by Gasteiger charge is -2.31. The first-order valence-electron chi connectivity index (χ1n) is 7.11. The van der Waals surface area contributed by atoms with Crippen LogP contribution in [-0.2, 0) is 0 Å². The van der Waals surface area contributed by atoms with Crippen LogP contribution in [0.15, 0.2) is 18.2 Å². The molecule has 0 saturated heterocycles. The quantitative estimate of drug-likeness (QED) is 0.889. The average molecular weight is 284 g/mol. The van der Waals surface area contributed by atoms with E-state index >= 15 is 0 Å². The van der Waals surface area contributed by atoms with E-state index in [9.17, 15) is 5.11 Å². The molecule has 19 heavy (non-hydrogen) atoms. The lowest BCUT2D eigenvalue weighted by Crippen LogP contribution is -2.34. The van der Waals surface area contributed by atoms with Crippen molar-refractivity contribution in [2.75, 3.05) is 0 Å². The number of hydrogen-bond acceptors (Lipinski definition) is 2. The van der Waals surface area contributed by atoms with Gasteiger partial charge in [-0.15, -0.1) is 12.4 Å². The number of halogens is 1. The van der Waals surface area contributed by atoms with Crippen LogP contribution in [0.3, 0.4) is 0 Å². The topological polar surface area (TPSA) is 46.2 Å². The van der Waals surface area contributed by atoms with Crippen LogP contribution in [0.5, 0.6) is 0 Å². The number of hydrogen-bond donors (Lipinski definition) is 2. The van der Waals surface area contributed by atoms with Crippen molar-refractivity contribution in [3.05, 3.63) is 34.9 Å². The van der Waals surface area contributed by atoms with Crippen LogP contribution in [0.1, 0.15) is 54.8 Å². The third-order valence-corrected chi connectivity index (χ3v) is 4.51. The largest absolute Gasteiger partial charge is 0.391 e. The minimum absolute atomic E-state index is 0. The highest BCUT2D eigenvalue weighted by atomic mass is 35.5. The Labute approximate surface area is 122 Å². The highest BCUT2D eigenvalue weighted by Gasteiger charge is 2.28. The van der Waals surface area contributed by atoms with Crippen LogP contribution in [0.4, 0.5) is 0 Å². The first-order chi connectivity index (χ1) is 8.61. The SMILES string of the molecule is Cc1cccc([C@@H](N)[C@@H](O)C2CCCCC2)c1C.Cl. The molecule has 0 unspecified atom stereocenters. The Balaban J connectivity index is 0.00000180. The van der Waals surface area contributed by atoms with Gasteiger partial charge in [-0.2, -0.15) is 0 Å². The second kappa shape index (κ2) is 7.28. The standard InChI is InChI=1S/C16H25NO.ClH/c1-11-7-6-10-14(12(11)2)15(17)16(18)13-8-4-3-5-9-13;/h6-7,10,13,15-16,18H,3-5,8-9,17H2,1-2H3;1H/t15-,16+;/m1./s1. The molecule has 1 fully saturated rings. The van der Waals surface area contributed by atoms with Gasteiger partial charge in [0.2, 0.25) is 0 Å². The molecule has 0 spiro atoms. The summed E-state index contributed by atoms with van der Waals surface area (Å²) in [4.78, 5) is 0. The van der Waals surface area contributed by atoms with Gasteiger partial charge in [0, 0.05) is 0 Å². The highest BCUT2D eigenvalue weighted by Crippen LogP contribution is 2.32. The number of nitrogens with two attached hydrogens (primary N) is 1. The van der Waals surface area contributed by atoms with Crippen molar-refractivity contribution >= 4 is 12.4 Å². The summed E-state index contributed by atoms with van der Waals surface area (Å²) < 4.78 is 0. The van der Waals surface area contributed by atoms with E-state index < -0.39 is 6.10 Å². The second-order valence-corrected chi connectivity index (χ2v) is 5.70. The molecule has 3 heteroatoms. The van der Waals surface area contributed by atoms with E-state index in [1.165, 1.54) is 30.4 Å². The molecular weight excluding hydrogens is 258 g/mol. The smallest absolute Gasteiger partial charge is 0.0760 e. The van der Waals surface area contributed by atoms with E-state index in [4.69, 9.17) is 5.73 Å². The zero-order valence-electron chi connectivity index (χ0n) is 11.9. The first kappa shape index (κ1) is 16.5. The molecule has 1 aliphatic carbocycles. The van der Waals surface area contributed by atoms with E-state index in [-0.39, 0.29) is 18.4 Å². The maximum Gasteiger partial charge on any atom is 0.0760 e. The van der Waals surface area contributed by atoms with Gasteiger partial charge in [-0.3, -0.25) is 0 Å². The fraction of sp³-hybridized carbons (Fsp3) is 0.625. The van der Waals surface area contributed by atoms with Crippen LogP contribution in [0, 0.1) is 19.8 Å². The summed E-state index contributed by atoms with van der Waals surface area (Å²) in [5, 5.41) is 10.5. The second-order valence-electron chi connectivity index (χ2n) is 5.70. The van der Waals surface area contributed by atoms with Gasteiger partial charge in [0.1, 0.15) is 0 Å². The summed E-state index contributed by atoms with van der Waals surface area (Å²) in [5.41, 5.74) is 9.86. The lowest BCUT2D eigenvalue weighted by molar-refractivity contribution is 0.0616. The molecule has 2 atom stereocenters. The molecule has 0 heterocycles. The van der Waals surface area contributed by atoms with E-state index in [0.29, 0.717) is 5.92 Å². The Morgan fingerprint density at radius 2 is 1.79 bits per heavy atom. The van der Waals surface area contributed by atoms with E-state index in [1.54, 1.807) is 0 Å². The first-order valence-corrected chi connectivity index (χ1v) is 7.11. The van der Waals surface area contributed by atoms with Gasteiger partial charge in [-0.05, 0) is 49.3 Å². The molecule has 2 nitrogen and oxygen atoms in total. The number of aliphatic hydroxyl groups excluding tert-OH is 1. The summed E-state index contributed by atoms with van der Waals surface area (Å²) in [6.07, 6.45) is 5.63. The van der Waals surface area contributed by atoms with Crippen LogP contribution in [0.25, 0.3) is 0 Å². The summed E-state index contributed by atoms with van der Waals surface area (Å²) >= 11 is 0. The molecule has 0 radical (unpaired) electrons. The van der Waals surface area contributed by atoms with Crippen LogP contribution in [-0.4, -0.2) is 11.2 Å². The van der Waals surface area contributed by atoms with Crippen molar-refractivity contribution in [3.8, 4) is 0 Å². The van der Waals surface area contributed by atoms with Gasteiger partial charge in [0.15, 0.2) is 0 Å². The molecule has 108 valence electrons. The fourth-order valence-electron chi connectivity index (χ4n) is 3.09. The molecule has 3 N–H and O–H groups in total. The third-order valence-electron chi connectivity index (χ3n) is 4.51. The maximum absolute atomic E-state index is 10.5. The number of aryl methyl sites for hydroxylation is 1. The fourth-order valence-corrected chi connectivity index (χ4v) is 3.09. The molecule has 0 aromatic heterocycles. The van der Waals surface area contributed by atoms with Crippen molar-refractivity contribution in [1.82, 2.24) is 0 Å². The minimum atomic E-state index is -0.397. The van der Waals surface area contributed by atoms with Gasteiger partial charge >= 0.3 is 0 Å². The molecule has 2 rings (SSSR count). The Hall–Kier alpha value is -0.570. The van der Waals surface area contributed by atoms with Gasteiger partial charge < -0.3 is 10.8 Å². The molecule has 1 aliphatic rings. The number of rotatable bonds is 3. The molecule has 1 saturated carbocycles. The van der Waals surface area contributed by atoms with Crippen molar-refractivity contribution in [3.63, 3.8) is 0 Å². The van der Waals surface area contributed by atoms with Crippen LogP contribution < -0.4 is 5.73 Å². The molecule has 0 aliphatic heterocycles. The summed E-state index contributed by atoms with van der Waals surface area (Å²) in [5.74, 6) is 0.383. The van der Waals surface area contributed by atoms with Gasteiger partial charge in [-0.25, -0.2) is 0 Å². The van der Waals surface area contributed by atoms with E-state index in [0.717, 1.165) is 18.4 Å². The van der Waals surface area contributed by atoms with Gasteiger partial charge in [0.25, 0.3) is 0 Å². The average Bonchev–Trinajstić information content (AvgIpc) is 2.41. The predicted molar refractivity (Wildman–Crippen MR) is 82.7 cm³/mol. The van der Waals surface area contributed by atoms with Crippen LogP contribution in [0.2, 0.25) is 0 Å². The minimum Gasteiger partial charge on any atom is -0.391 e.